The van der Waals surface area contributed by atoms with Gasteiger partial charge < -0.3 is 9.47 Å². The molecule has 0 unspecified atom stereocenters. The topological polar surface area (TPSA) is 95.7 Å². The van der Waals surface area contributed by atoms with E-state index in [1.807, 2.05) is 0 Å². The minimum absolute atomic E-state index is 0.0783. The first-order valence-electron chi connectivity index (χ1n) is 7.21. The molecule has 0 bridgehead atoms. The molecule has 0 heterocycles. The van der Waals surface area contributed by atoms with Crippen LogP contribution < -0.4 is 4.74 Å². The van der Waals surface area contributed by atoms with Crippen LogP contribution in [0.15, 0.2) is 53.4 Å². The van der Waals surface area contributed by atoms with Gasteiger partial charge in [-0.05, 0) is 18.2 Å². The Bertz CT molecular complexity index is 792. The fraction of sp³-hybridized carbons (Fsp3) is 0.176. The molecule has 0 amide bonds. The summed E-state index contributed by atoms with van der Waals surface area (Å²) in [6.45, 7) is -0.420. The van der Waals surface area contributed by atoms with Gasteiger partial charge in [-0.1, -0.05) is 24.3 Å². The van der Waals surface area contributed by atoms with E-state index < -0.39 is 17.5 Å². The largest absolute Gasteiger partial charge is 0.496 e. The second-order valence-corrected chi connectivity index (χ2v) is 5.81. The Balaban J connectivity index is 1.89. The van der Waals surface area contributed by atoms with Gasteiger partial charge in [-0.2, -0.15) is 0 Å². The van der Waals surface area contributed by atoms with Gasteiger partial charge >= 0.3 is 5.97 Å². The summed E-state index contributed by atoms with van der Waals surface area (Å²) >= 11 is 0.986. The molecule has 0 N–H and O–H groups in total. The van der Waals surface area contributed by atoms with Gasteiger partial charge in [-0.25, -0.2) is 0 Å². The Hall–Kier alpha value is -2.87. The number of hydrogen-bond acceptors (Lipinski definition) is 7. The van der Waals surface area contributed by atoms with E-state index in [1.165, 1.54) is 13.2 Å². The summed E-state index contributed by atoms with van der Waals surface area (Å²) in [6, 6.07) is 12.7. The standard InChI is InChI=1S/C17H15NO6S/c1-23-15-8-4-2-6-12(15)14(19)10-24-17(20)11-25-16-9-5-3-7-13(16)18(21)22/h2-9H,10-11H2,1H3. The van der Waals surface area contributed by atoms with Gasteiger partial charge in [0, 0.05) is 6.07 Å². The summed E-state index contributed by atoms with van der Waals surface area (Å²) in [4.78, 5) is 34.6. The first-order valence-corrected chi connectivity index (χ1v) is 8.19. The molecule has 0 saturated heterocycles. The van der Waals surface area contributed by atoms with E-state index in [2.05, 4.69) is 0 Å². The lowest BCUT2D eigenvalue weighted by Gasteiger charge is -2.08. The number of thioether (sulfide) groups is 1. The zero-order chi connectivity index (χ0) is 18.2. The first-order chi connectivity index (χ1) is 12.0. The number of Topliss-reactive ketones (excluding diaryl/α,β-unsaturated/α-hetero) is 1. The summed E-state index contributed by atoms with van der Waals surface area (Å²) in [5.41, 5.74) is 0.245. The van der Waals surface area contributed by atoms with Crippen LogP contribution in [0.4, 0.5) is 5.69 Å². The third-order valence-electron chi connectivity index (χ3n) is 3.18. The van der Waals surface area contributed by atoms with Crippen molar-refractivity contribution in [2.45, 2.75) is 4.90 Å². The van der Waals surface area contributed by atoms with Crippen molar-refractivity contribution < 1.29 is 24.0 Å². The molecular weight excluding hydrogens is 346 g/mol. The van der Waals surface area contributed by atoms with Crippen molar-refractivity contribution in [1.82, 2.24) is 0 Å². The molecule has 0 aliphatic rings. The van der Waals surface area contributed by atoms with Crippen LogP contribution >= 0.6 is 11.8 Å². The van der Waals surface area contributed by atoms with Gasteiger partial charge in [-0.15, -0.1) is 11.8 Å². The lowest BCUT2D eigenvalue weighted by atomic mass is 10.1. The molecule has 7 nitrogen and oxygen atoms in total. The molecule has 2 aromatic carbocycles. The molecule has 0 atom stereocenters. The molecule has 0 spiro atoms. The van der Waals surface area contributed by atoms with Crippen LogP contribution in [0.2, 0.25) is 0 Å². The van der Waals surface area contributed by atoms with E-state index in [-0.39, 0.29) is 17.2 Å². The molecule has 2 aromatic rings. The van der Waals surface area contributed by atoms with E-state index in [4.69, 9.17) is 9.47 Å². The quantitative estimate of drug-likeness (QED) is 0.234. The molecule has 0 fully saturated rings. The number of rotatable bonds is 8. The maximum Gasteiger partial charge on any atom is 0.316 e. The Morgan fingerprint density at radius 2 is 1.80 bits per heavy atom. The van der Waals surface area contributed by atoms with Gasteiger partial charge in [0.2, 0.25) is 5.78 Å². The molecule has 130 valence electrons. The summed E-state index contributed by atoms with van der Waals surface area (Å²) in [5.74, 6) is -0.755. The van der Waals surface area contributed by atoms with Crippen LogP contribution in [-0.4, -0.2) is 36.1 Å². The Labute approximate surface area is 148 Å². The summed E-state index contributed by atoms with van der Waals surface area (Å²) < 4.78 is 10.0. The molecule has 0 radical (unpaired) electrons. The fourth-order valence-corrected chi connectivity index (χ4v) is 2.83. The normalized spacial score (nSPS) is 10.1. The van der Waals surface area contributed by atoms with Crippen LogP contribution in [0.1, 0.15) is 10.4 Å². The van der Waals surface area contributed by atoms with Crippen LogP contribution in [0.25, 0.3) is 0 Å². The van der Waals surface area contributed by atoms with Crippen LogP contribution in [0, 0.1) is 10.1 Å². The monoisotopic (exact) mass is 361 g/mol. The number of carbonyl (C=O) groups is 2. The van der Waals surface area contributed by atoms with Gasteiger partial charge in [0.1, 0.15) is 5.75 Å². The number of carbonyl (C=O) groups excluding carboxylic acids is 2. The van der Waals surface area contributed by atoms with Crippen molar-refractivity contribution in [3.63, 3.8) is 0 Å². The highest BCUT2D eigenvalue weighted by Crippen LogP contribution is 2.28. The maximum absolute atomic E-state index is 12.1. The Morgan fingerprint density at radius 3 is 2.52 bits per heavy atom. The molecule has 2 rings (SSSR count). The summed E-state index contributed by atoms with van der Waals surface area (Å²) in [5, 5.41) is 10.9. The predicted octanol–water partition coefficient (Wildman–Crippen LogP) is 3.12. The highest BCUT2D eigenvalue weighted by molar-refractivity contribution is 8.00. The highest BCUT2D eigenvalue weighted by Gasteiger charge is 2.17. The van der Waals surface area contributed by atoms with Crippen LogP contribution in [0.5, 0.6) is 5.75 Å². The number of nitrogens with zero attached hydrogens (tertiary/aromatic N) is 1. The summed E-state index contributed by atoms with van der Waals surface area (Å²) in [7, 11) is 1.45. The van der Waals surface area contributed by atoms with E-state index in [0.29, 0.717) is 16.2 Å². The van der Waals surface area contributed by atoms with Crippen molar-refractivity contribution >= 4 is 29.2 Å². The molecule has 0 aliphatic heterocycles. The average Bonchev–Trinajstić information content (AvgIpc) is 2.64. The minimum atomic E-state index is -0.633. The van der Waals surface area contributed by atoms with E-state index in [9.17, 15) is 19.7 Å². The number of para-hydroxylation sites is 2. The van der Waals surface area contributed by atoms with E-state index in [0.717, 1.165) is 11.8 Å². The number of nitro groups is 1. The Morgan fingerprint density at radius 1 is 1.12 bits per heavy atom. The van der Waals surface area contributed by atoms with E-state index in [1.54, 1.807) is 42.5 Å². The molecule has 25 heavy (non-hydrogen) atoms. The number of methoxy groups -OCH3 is 1. The third kappa shape index (κ3) is 5.05. The van der Waals surface area contributed by atoms with Crippen LogP contribution in [-0.2, 0) is 9.53 Å². The zero-order valence-corrected chi connectivity index (χ0v) is 14.2. The second-order valence-electron chi connectivity index (χ2n) is 4.80. The molecule has 0 saturated carbocycles. The maximum atomic E-state index is 12.1. The lowest BCUT2D eigenvalue weighted by molar-refractivity contribution is -0.387. The molecule has 8 heteroatoms. The number of ketones is 1. The van der Waals surface area contributed by atoms with Gasteiger partial charge in [0.05, 0.1) is 28.2 Å². The number of nitro benzene ring substituents is 1. The minimum Gasteiger partial charge on any atom is -0.496 e. The fourth-order valence-electron chi connectivity index (χ4n) is 2.01. The summed E-state index contributed by atoms with van der Waals surface area (Å²) in [6.07, 6.45) is 0. The first kappa shape index (κ1) is 18.5. The second kappa shape index (κ2) is 8.84. The number of ether oxygens (including phenoxy) is 2. The van der Waals surface area contributed by atoms with E-state index >= 15 is 0 Å². The SMILES string of the molecule is COc1ccccc1C(=O)COC(=O)CSc1ccccc1[N+](=O)[O-]. The van der Waals surface area contributed by atoms with Crippen molar-refractivity contribution in [1.29, 1.82) is 0 Å². The smallest absolute Gasteiger partial charge is 0.316 e. The van der Waals surface area contributed by atoms with Crippen molar-refractivity contribution in [3.05, 3.63) is 64.2 Å². The third-order valence-corrected chi connectivity index (χ3v) is 4.22. The molecular formula is C17H15NO6S. The Kier molecular flexibility index (Phi) is 6.53. The van der Waals surface area contributed by atoms with Crippen LogP contribution in [0.3, 0.4) is 0 Å². The van der Waals surface area contributed by atoms with Gasteiger partial charge in [-0.3, -0.25) is 19.7 Å². The number of esters is 1. The lowest BCUT2D eigenvalue weighted by Crippen LogP contribution is -2.16. The van der Waals surface area contributed by atoms with Crippen molar-refractivity contribution in [2.75, 3.05) is 19.5 Å². The highest BCUT2D eigenvalue weighted by atomic mass is 32.2. The van der Waals surface area contributed by atoms with Gasteiger partial charge in [0.15, 0.2) is 6.61 Å². The number of benzene rings is 2. The van der Waals surface area contributed by atoms with Crippen molar-refractivity contribution in [3.8, 4) is 5.75 Å². The molecule has 0 aliphatic carbocycles. The number of hydrogen-bond donors (Lipinski definition) is 0. The molecule has 0 aromatic heterocycles. The van der Waals surface area contributed by atoms with Crippen molar-refractivity contribution in [2.24, 2.45) is 0 Å². The predicted molar refractivity (Wildman–Crippen MR) is 92.1 cm³/mol. The average molecular weight is 361 g/mol. The zero-order valence-electron chi connectivity index (χ0n) is 13.3. The van der Waals surface area contributed by atoms with Gasteiger partial charge in [0.25, 0.3) is 5.69 Å².